The van der Waals surface area contributed by atoms with E-state index < -0.39 is 0 Å². The first-order valence-corrected chi connectivity index (χ1v) is 6.06. The zero-order valence-corrected chi connectivity index (χ0v) is 11.1. The van der Waals surface area contributed by atoms with Crippen LogP contribution < -0.4 is 0 Å². The molecule has 0 aromatic heterocycles. The van der Waals surface area contributed by atoms with Crippen molar-refractivity contribution < 1.29 is 9.47 Å². The Kier molecular flexibility index (Phi) is 8.23. The molecule has 3 nitrogen and oxygen atoms in total. The lowest BCUT2D eigenvalue weighted by Crippen LogP contribution is -2.22. The Morgan fingerprint density at radius 1 is 1.19 bits per heavy atom. The Hall–Kier alpha value is -0.590. The molecule has 0 rings (SSSR count). The van der Waals surface area contributed by atoms with Crippen LogP contribution in [-0.2, 0) is 9.47 Å². The van der Waals surface area contributed by atoms with Gasteiger partial charge in [-0.2, -0.15) is 5.26 Å². The second kappa shape index (κ2) is 8.55. The molecule has 0 fully saturated rings. The third-order valence-electron chi connectivity index (χ3n) is 2.23. The van der Waals surface area contributed by atoms with E-state index in [0.717, 1.165) is 12.8 Å². The van der Waals surface area contributed by atoms with Gasteiger partial charge in [0.05, 0.1) is 38.4 Å². The van der Waals surface area contributed by atoms with E-state index >= 15 is 0 Å². The Labute approximate surface area is 99.7 Å². The SMILES string of the molecule is CCC(CC(C)(C)C)OCCOCCC#N. The van der Waals surface area contributed by atoms with E-state index in [-0.39, 0.29) is 0 Å². The van der Waals surface area contributed by atoms with Gasteiger partial charge in [-0.05, 0) is 18.3 Å². The summed E-state index contributed by atoms with van der Waals surface area (Å²) in [4.78, 5) is 0. The van der Waals surface area contributed by atoms with Crippen LogP contribution in [0.3, 0.4) is 0 Å². The van der Waals surface area contributed by atoms with Crippen LogP contribution >= 0.6 is 0 Å². The van der Waals surface area contributed by atoms with E-state index in [2.05, 4.69) is 27.7 Å². The summed E-state index contributed by atoms with van der Waals surface area (Å²) in [7, 11) is 0. The fourth-order valence-electron chi connectivity index (χ4n) is 1.50. The summed E-state index contributed by atoms with van der Waals surface area (Å²) in [5.41, 5.74) is 0.308. The van der Waals surface area contributed by atoms with Gasteiger partial charge < -0.3 is 9.47 Å². The van der Waals surface area contributed by atoms with E-state index in [1.807, 2.05) is 6.07 Å². The Morgan fingerprint density at radius 3 is 2.38 bits per heavy atom. The van der Waals surface area contributed by atoms with Crippen molar-refractivity contribution in [2.45, 2.75) is 53.1 Å². The molecule has 0 N–H and O–H groups in total. The average molecular weight is 227 g/mol. The third-order valence-corrected chi connectivity index (χ3v) is 2.23. The van der Waals surface area contributed by atoms with Gasteiger partial charge in [-0.25, -0.2) is 0 Å². The quantitative estimate of drug-likeness (QED) is 0.598. The summed E-state index contributed by atoms with van der Waals surface area (Å²) >= 11 is 0. The topological polar surface area (TPSA) is 42.2 Å². The minimum absolute atomic E-state index is 0.308. The number of nitriles is 1. The predicted octanol–water partition coefficient (Wildman–Crippen LogP) is 3.15. The first-order valence-electron chi connectivity index (χ1n) is 6.06. The normalized spacial score (nSPS) is 13.4. The van der Waals surface area contributed by atoms with Gasteiger partial charge >= 0.3 is 0 Å². The van der Waals surface area contributed by atoms with Crippen molar-refractivity contribution in [3.8, 4) is 6.07 Å². The van der Waals surface area contributed by atoms with Crippen LogP contribution in [0.2, 0.25) is 0 Å². The average Bonchev–Trinajstić information content (AvgIpc) is 2.19. The molecule has 0 aliphatic heterocycles. The van der Waals surface area contributed by atoms with Crippen LogP contribution in [0.5, 0.6) is 0 Å². The van der Waals surface area contributed by atoms with E-state index in [1.54, 1.807) is 0 Å². The molecule has 0 spiro atoms. The zero-order chi connectivity index (χ0) is 12.4. The van der Waals surface area contributed by atoms with Gasteiger partial charge in [-0.3, -0.25) is 0 Å². The highest BCUT2D eigenvalue weighted by atomic mass is 16.5. The van der Waals surface area contributed by atoms with Gasteiger partial charge in [0.2, 0.25) is 0 Å². The van der Waals surface area contributed by atoms with Gasteiger partial charge in [-0.15, -0.1) is 0 Å². The fourth-order valence-corrected chi connectivity index (χ4v) is 1.50. The second-order valence-electron chi connectivity index (χ2n) is 5.19. The molecule has 0 saturated heterocycles. The van der Waals surface area contributed by atoms with E-state index in [0.29, 0.717) is 37.8 Å². The van der Waals surface area contributed by atoms with Crippen LogP contribution in [-0.4, -0.2) is 25.9 Å². The molecule has 0 heterocycles. The standard InChI is InChI=1S/C13H25NO2/c1-5-12(11-13(2,3)4)16-10-9-15-8-6-7-14/h12H,5-6,8-11H2,1-4H3. The van der Waals surface area contributed by atoms with Crippen LogP contribution in [0.25, 0.3) is 0 Å². The van der Waals surface area contributed by atoms with Crippen molar-refractivity contribution in [2.75, 3.05) is 19.8 Å². The van der Waals surface area contributed by atoms with E-state index in [9.17, 15) is 0 Å². The highest BCUT2D eigenvalue weighted by Crippen LogP contribution is 2.23. The van der Waals surface area contributed by atoms with Crippen LogP contribution in [0, 0.1) is 16.7 Å². The van der Waals surface area contributed by atoms with Crippen LogP contribution in [0.15, 0.2) is 0 Å². The largest absolute Gasteiger partial charge is 0.378 e. The number of nitrogens with zero attached hydrogens (tertiary/aromatic N) is 1. The van der Waals surface area contributed by atoms with E-state index in [1.165, 1.54) is 0 Å². The van der Waals surface area contributed by atoms with Crippen molar-refractivity contribution in [3.05, 3.63) is 0 Å². The van der Waals surface area contributed by atoms with Gasteiger partial charge in [0.25, 0.3) is 0 Å². The Bertz CT molecular complexity index is 203. The Balaban J connectivity index is 3.53. The number of ether oxygens (including phenoxy) is 2. The number of hydrogen-bond donors (Lipinski definition) is 0. The number of hydrogen-bond acceptors (Lipinski definition) is 3. The third kappa shape index (κ3) is 9.95. The molecule has 16 heavy (non-hydrogen) atoms. The molecule has 0 aliphatic carbocycles. The first kappa shape index (κ1) is 15.4. The molecule has 1 atom stereocenters. The summed E-state index contributed by atoms with van der Waals surface area (Å²) < 4.78 is 11.0. The summed E-state index contributed by atoms with van der Waals surface area (Å²) in [6.07, 6.45) is 2.88. The summed E-state index contributed by atoms with van der Waals surface area (Å²) in [5, 5.41) is 8.32. The molecule has 0 saturated carbocycles. The lowest BCUT2D eigenvalue weighted by Gasteiger charge is -2.25. The molecule has 94 valence electrons. The molecule has 0 aromatic rings. The summed E-state index contributed by atoms with van der Waals surface area (Å²) in [6.45, 7) is 10.5. The number of rotatable bonds is 8. The Morgan fingerprint density at radius 2 is 1.88 bits per heavy atom. The second-order valence-corrected chi connectivity index (χ2v) is 5.19. The van der Waals surface area contributed by atoms with Crippen molar-refractivity contribution in [2.24, 2.45) is 5.41 Å². The maximum atomic E-state index is 8.32. The fraction of sp³-hybridized carbons (Fsp3) is 0.923. The predicted molar refractivity (Wildman–Crippen MR) is 65.2 cm³/mol. The minimum atomic E-state index is 0.308. The van der Waals surface area contributed by atoms with Crippen molar-refractivity contribution >= 4 is 0 Å². The molecule has 0 aromatic carbocycles. The molecule has 0 aliphatic rings. The molecule has 0 amide bonds. The van der Waals surface area contributed by atoms with Gasteiger partial charge in [0.1, 0.15) is 0 Å². The summed E-state index contributed by atoms with van der Waals surface area (Å²) in [5.74, 6) is 0. The molecule has 3 heteroatoms. The molecule has 1 unspecified atom stereocenters. The monoisotopic (exact) mass is 227 g/mol. The minimum Gasteiger partial charge on any atom is -0.378 e. The van der Waals surface area contributed by atoms with Crippen LogP contribution in [0.1, 0.15) is 47.0 Å². The first-order chi connectivity index (χ1) is 7.49. The smallest absolute Gasteiger partial charge is 0.0704 e. The van der Waals surface area contributed by atoms with Crippen molar-refractivity contribution in [1.82, 2.24) is 0 Å². The highest BCUT2D eigenvalue weighted by Gasteiger charge is 2.17. The maximum absolute atomic E-state index is 8.32. The highest BCUT2D eigenvalue weighted by molar-refractivity contribution is 4.68. The lowest BCUT2D eigenvalue weighted by atomic mass is 9.88. The van der Waals surface area contributed by atoms with Crippen molar-refractivity contribution in [1.29, 1.82) is 5.26 Å². The van der Waals surface area contributed by atoms with Gasteiger partial charge in [0.15, 0.2) is 0 Å². The van der Waals surface area contributed by atoms with Gasteiger partial charge in [0, 0.05) is 0 Å². The van der Waals surface area contributed by atoms with Crippen molar-refractivity contribution in [3.63, 3.8) is 0 Å². The molecular formula is C13H25NO2. The lowest BCUT2D eigenvalue weighted by molar-refractivity contribution is -0.0119. The maximum Gasteiger partial charge on any atom is 0.0704 e. The van der Waals surface area contributed by atoms with E-state index in [4.69, 9.17) is 14.7 Å². The molecular weight excluding hydrogens is 202 g/mol. The van der Waals surface area contributed by atoms with Crippen LogP contribution in [0.4, 0.5) is 0 Å². The van der Waals surface area contributed by atoms with Gasteiger partial charge in [-0.1, -0.05) is 27.7 Å². The molecule has 0 bridgehead atoms. The summed E-state index contributed by atoms with van der Waals surface area (Å²) in [6, 6.07) is 2.04. The molecule has 0 radical (unpaired) electrons. The zero-order valence-electron chi connectivity index (χ0n) is 11.1.